The molecule has 3 heteroatoms. The Morgan fingerprint density at radius 3 is 2.82 bits per heavy atom. The maximum absolute atomic E-state index is 5.77. The van der Waals surface area contributed by atoms with Crippen molar-refractivity contribution in [3.05, 3.63) is 29.8 Å². The van der Waals surface area contributed by atoms with E-state index in [-0.39, 0.29) is 0 Å². The van der Waals surface area contributed by atoms with E-state index < -0.39 is 0 Å². The van der Waals surface area contributed by atoms with Gasteiger partial charge in [-0.15, -0.1) is 11.6 Å². The highest BCUT2D eigenvalue weighted by Crippen LogP contribution is 2.58. The van der Waals surface area contributed by atoms with Crippen LogP contribution in [0.2, 0.25) is 0 Å². The van der Waals surface area contributed by atoms with Crippen molar-refractivity contribution < 1.29 is 0 Å². The molecule has 2 fully saturated rings. The van der Waals surface area contributed by atoms with Gasteiger partial charge in [-0.05, 0) is 30.9 Å². The summed E-state index contributed by atoms with van der Waals surface area (Å²) in [4.78, 5) is 2.59. The van der Waals surface area contributed by atoms with E-state index >= 15 is 0 Å². The lowest BCUT2D eigenvalue weighted by Crippen LogP contribution is -2.27. The van der Waals surface area contributed by atoms with Crippen LogP contribution in [0.4, 0.5) is 0 Å². The minimum atomic E-state index is 0.500. The summed E-state index contributed by atoms with van der Waals surface area (Å²) in [6.07, 6.45) is 2.52. The number of benzene rings is 1. The molecule has 1 aromatic carbocycles. The second-order valence-electron chi connectivity index (χ2n) is 5.70. The maximum atomic E-state index is 5.77. The Hall–Kier alpha value is -0.465. The lowest BCUT2D eigenvalue weighted by atomic mass is 9.89. The number of piperidine rings is 1. The number of hydrogen-bond acceptors (Lipinski definition) is 1. The summed E-state index contributed by atoms with van der Waals surface area (Å²) in [6, 6.07) is 9.17. The largest absolute Gasteiger partial charge is 0.302 e. The van der Waals surface area contributed by atoms with Crippen LogP contribution in [-0.4, -0.2) is 38.3 Å². The molecule has 17 heavy (non-hydrogen) atoms. The first-order chi connectivity index (χ1) is 8.24. The van der Waals surface area contributed by atoms with Crippen molar-refractivity contribution >= 4 is 24.9 Å². The van der Waals surface area contributed by atoms with Gasteiger partial charge in [-0.1, -0.05) is 29.7 Å². The Bertz CT molecular complexity index is 405. The Balaban J connectivity index is 1.71. The van der Waals surface area contributed by atoms with E-state index in [9.17, 15) is 0 Å². The fourth-order valence-electron chi connectivity index (χ4n) is 3.37. The van der Waals surface area contributed by atoms with Gasteiger partial charge in [0.15, 0.2) is 0 Å². The second kappa shape index (κ2) is 4.33. The van der Waals surface area contributed by atoms with E-state index in [4.69, 9.17) is 11.6 Å². The van der Waals surface area contributed by atoms with E-state index in [2.05, 4.69) is 37.0 Å². The topological polar surface area (TPSA) is 3.24 Å². The molecule has 0 amide bonds. The number of fused-ring (bicyclic) bond motifs is 1. The van der Waals surface area contributed by atoms with Gasteiger partial charge in [0, 0.05) is 24.4 Å². The highest BCUT2D eigenvalue weighted by Gasteiger charge is 2.60. The van der Waals surface area contributed by atoms with Crippen molar-refractivity contribution in [2.24, 2.45) is 5.92 Å². The van der Waals surface area contributed by atoms with Crippen molar-refractivity contribution in [2.75, 3.05) is 25.5 Å². The van der Waals surface area contributed by atoms with Gasteiger partial charge in [0.1, 0.15) is 7.85 Å². The molecular weight excluding hydrogens is 228 g/mol. The average Bonchev–Trinajstić information content (AvgIpc) is 2.91. The molecule has 1 nitrogen and oxygen atoms in total. The molecule has 0 aromatic heterocycles. The first-order valence-corrected chi connectivity index (χ1v) is 7.13. The van der Waals surface area contributed by atoms with Crippen molar-refractivity contribution in [3.8, 4) is 0 Å². The van der Waals surface area contributed by atoms with Gasteiger partial charge in [0.05, 0.1) is 0 Å². The molecule has 0 N–H and O–H groups in total. The molecule has 0 radical (unpaired) electrons. The summed E-state index contributed by atoms with van der Waals surface area (Å²) in [6.45, 7) is 3.70. The molecule has 2 unspecified atom stereocenters. The lowest BCUT2D eigenvalue weighted by molar-refractivity contribution is 0.299. The lowest BCUT2D eigenvalue weighted by Gasteiger charge is -2.20. The molecular formula is C14H19BClN. The molecule has 0 spiro atoms. The van der Waals surface area contributed by atoms with Crippen LogP contribution >= 0.6 is 11.6 Å². The standard InChI is InChI=1S/C14H19BClN/c15-13-4-2-11(3-5-13)14-8-12(14)9-17(10-14)7-1-6-16/h2-5,12H,1,6-10,15H2. The predicted molar refractivity (Wildman–Crippen MR) is 76.2 cm³/mol. The second-order valence-corrected chi connectivity index (χ2v) is 6.08. The monoisotopic (exact) mass is 247 g/mol. The van der Waals surface area contributed by atoms with Gasteiger partial charge >= 0.3 is 0 Å². The highest BCUT2D eigenvalue weighted by atomic mass is 35.5. The number of alkyl halides is 1. The third kappa shape index (κ3) is 2.02. The molecule has 1 aromatic rings. The fourth-order valence-corrected chi connectivity index (χ4v) is 3.49. The summed E-state index contributed by atoms with van der Waals surface area (Å²) in [5, 5.41) is 0. The molecule has 90 valence electrons. The molecule has 1 saturated carbocycles. The summed E-state index contributed by atoms with van der Waals surface area (Å²) >= 11 is 5.77. The smallest absolute Gasteiger partial charge is 0.139 e. The molecule has 3 rings (SSSR count). The van der Waals surface area contributed by atoms with Gasteiger partial charge in [0.25, 0.3) is 0 Å². The molecule has 1 heterocycles. The van der Waals surface area contributed by atoms with Crippen LogP contribution in [0, 0.1) is 5.92 Å². The van der Waals surface area contributed by atoms with Crippen LogP contribution in [0.1, 0.15) is 18.4 Å². The molecule has 0 bridgehead atoms. The van der Waals surface area contributed by atoms with E-state index in [0.717, 1.165) is 18.2 Å². The zero-order chi connectivity index (χ0) is 11.9. The number of rotatable bonds is 4. The van der Waals surface area contributed by atoms with Crippen LogP contribution in [0.25, 0.3) is 0 Å². The van der Waals surface area contributed by atoms with Gasteiger partial charge in [-0.2, -0.15) is 0 Å². The first-order valence-electron chi connectivity index (χ1n) is 6.60. The SMILES string of the molecule is Bc1ccc(C23CC2CN(CCCCl)C3)cc1. The fraction of sp³-hybridized carbons (Fsp3) is 0.571. The molecule has 1 aliphatic heterocycles. The van der Waals surface area contributed by atoms with Crippen LogP contribution in [-0.2, 0) is 5.41 Å². The van der Waals surface area contributed by atoms with E-state index in [1.54, 1.807) is 5.56 Å². The van der Waals surface area contributed by atoms with Crippen LogP contribution in [0.15, 0.2) is 24.3 Å². The molecule has 1 aliphatic carbocycles. The van der Waals surface area contributed by atoms with Crippen molar-refractivity contribution in [1.29, 1.82) is 0 Å². The molecule has 1 saturated heterocycles. The maximum Gasteiger partial charge on any atom is 0.139 e. The van der Waals surface area contributed by atoms with E-state index in [1.807, 2.05) is 0 Å². The third-order valence-corrected chi connectivity index (χ3v) is 4.72. The van der Waals surface area contributed by atoms with Gasteiger partial charge in [-0.3, -0.25) is 0 Å². The summed E-state index contributed by atoms with van der Waals surface area (Å²) in [5.74, 6) is 1.69. The summed E-state index contributed by atoms with van der Waals surface area (Å²) in [7, 11) is 2.16. The van der Waals surface area contributed by atoms with Crippen LogP contribution in [0.5, 0.6) is 0 Å². The predicted octanol–water partition coefficient (Wildman–Crippen LogP) is 1.15. The van der Waals surface area contributed by atoms with E-state index in [1.165, 1.54) is 31.5 Å². The van der Waals surface area contributed by atoms with Gasteiger partial charge < -0.3 is 4.90 Å². The number of hydrogen-bond donors (Lipinski definition) is 0. The zero-order valence-corrected chi connectivity index (χ0v) is 11.2. The summed E-state index contributed by atoms with van der Waals surface area (Å²) < 4.78 is 0. The third-order valence-electron chi connectivity index (χ3n) is 4.45. The quantitative estimate of drug-likeness (QED) is 0.570. The minimum absolute atomic E-state index is 0.500. The summed E-state index contributed by atoms with van der Waals surface area (Å²) in [5.41, 5.74) is 3.42. The van der Waals surface area contributed by atoms with Crippen molar-refractivity contribution in [2.45, 2.75) is 18.3 Å². The number of halogens is 1. The van der Waals surface area contributed by atoms with E-state index in [0.29, 0.717) is 5.41 Å². The molecule has 2 atom stereocenters. The van der Waals surface area contributed by atoms with Crippen LogP contribution < -0.4 is 5.46 Å². The Morgan fingerprint density at radius 2 is 2.12 bits per heavy atom. The highest BCUT2D eigenvalue weighted by molar-refractivity contribution is 6.32. The molecule has 2 aliphatic rings. The van der Waals surface area contributed by atoms with Crippen molar-refractivity contribution in [3.63, 3.8) is 0 Å². The number of nitrogens with zero attached hydrogens (tertiary/aromatic N) is 1. The van der Waals surface area contributed by atoms with Gasteiger partial charge in [-0.25, -0.2) is 0 Å². The zero-order valence-electron chi connectivity index (χ0n) is 10.5. The van der Waals surface area contributed by atoms with Crippen molar-refractivity contribution in [1.82, 2.24) is 4.90 Å². The number of likely N-dealkylation sites (tertiary alicyclic amines) is 1. The van der Waals surface area contributed by atoms with Crippen LogP contribution in [0.3, 0.4) is 0 Å². The average molecular weight is 248 g/mol. The van der Waals surface area contributed by atoms with Gasteiger partial charge in [0.2, 0.25) is 0 Å². The normalized spacial score (nSPS) is 31.5. The Morgan fingerprint density at radius 1 is 1.35 bits per heavy atom. The first kappa shape index (κ1) is 11.6. The minimum Gasteiger partial charge on any atom is -0.302 e. The Kier molecular flexibility index (Phi) is 2.96. The Labute approximate surface area is 110 Å².